The van der Waals surface area contributed by atoms with E-state index in [1.807, 2.05) is 24.3 Å². The van der Waals surface area contributed by atoms with Gasteiger partial charge < -0.3 is 0 Å². The minimum Gasteiger partial charge on any atom is -0.192 e. The van der Waals surface area contributed by atoms with Crippen molar-refractivity contribution in [2.45, 2.75) is 12.8 Å². The van der Waals surface area contributed by atoms with Crippen molar-refractivity contribution in [1.82, 2.24) is 0 Å². The summed E-state index contributed by atoms with van der Waals surface area (Å²) in [6, 6.07) is 9.91. The van der Waals surface area contributed by atoms with Gasteiger partial charge in [-0.2, -0.15) is 5.26 Å². The Balaban J connectivity index is 2.27. The lowest BCUT2D eigenvalue weighted by atomic mass is 10.1. The van der Waals surface area contributed by atoms with E-state index in [1.54, 1.807) is 0 Å². The molecule has 1 aliphatic rings. The van der Waals surface area contributed by atoms with Crippen molar-refractivity contribution in [3.8, 4) is 6.07 Å². The van der Waals surface area contributed by atoms with Crippen molar-refractivity contribution < 1.29 is 0 Å². The zero-order valence-electron chi connectivity index (χ0n) is 6.17. The average Bonchev–Trinajstić information content (AvgIpc) is 2.87. The standard InChI is InChI=1S/C10H8N/c11-7-8-1-3-9(4-2-8)10-5-6-10/h1-4H,5-6H2. The van der Waals surface area contributed by atoms with E-state index in [0.29, 0.717) is 0 Å². The van der Waals surface area contributed by atoms with E-state index in [9.17, 15) is 0 Å². The van der Waals surface area contributed by atoms with E-state index in [2.05, 4.69) is 6.07 Å². The Bertz CT molecular complexity index is 288. The summed E-state index contributed by atoms with van der Waals surface area (Å²) in [6.07, 6.45) is 2.48. The van der Waals surface area contributed by atoms with Gasteiger partial charge in [-0.15, -0.1) is 0 Å². The van der Waals surface area contributed by atoms with Crippen molar-refractivity contribution in [2.24, 2.45) is 0 Å². The normalized spacial score (nSPS) is 15.9. The minimum absolute atomic E-state index is 0.745. The second-order valence-corrected chi connectivity index (χ2v) is 2.79. The topological polar surface area (TPSA) is 23.8 Å². The van der Waals surface area contributed by atoms with Crippen LogP contribution in [-0.4, -0.2) is 0 Å². The van der Waals surface area contributed by atoms with Crippen LogP contribution in [0.5, 0.6) is 0 Å². The smallest absolute Gasteiger partial charge is 0.0991 e. The van der Waals surface area contributed by atoms with E-state index < -0.39 is 0 Å². The third-order valence-corrected chi connectivity index (χ3v) is 1.92. The third-order valence-electron chi connectivity index (χ3n) is 1.92. The Hall–Kier alpha value is -1.29. The lowest BCUT2D eigenvalue weighted by Crippen LogP contribution is -1.79. The molecule has 0 N–H and O–H groups in total. The maximum absolute atomic E-state index is 8.53. The molecule has 1 aromatic rings. The molecule has 0 heterocycles. The average molecular weight is 142 g/mol. The predicted molar refractivity (Wildman–Crippen MR) is 42.7 cm³/mol. The van der Waals surface area contributed by atoms with Crippen molar-refractivity contribution in [1.29, 1.82) is 5.26 Å². The van der Waals surface area contributed by atoms with Gasteiger partial charge in [-0.25, -0.2) is 0 Å². The number of benzene rings is 1. The summed E-state index contributed by atoms with van der Waals surface area (Å²) in [7, 11) is 0. The van der Waals surface area contributed by atoms with Crippen LogP contribution >= 0.6 is 0 Å². The summed E-state index contributed by atoms with van der Waals surface area (Å²) in [5.41, 5.74) is 2.05. The molecule has 1 aliphatic carbocycles. The molecule has 11 heavy (non-hydrogen) atoms. The molecule has 0 unspecified atom stereocenters. The SMILES string of the molecule is N#Cc1ccc([C]2CC2)cc1. The van der Waals surface area contributed by atoms with Crippen molar-refractivity contribution in [2.75, 3.05) is 0 Å². The zero-order valence-corrected chi connectivity index (χ0v) is 6.17. The maximum Gasteiger partial charge on any atom is 0.0991 e. The fraction of sp³-hybridized carbons (Fsp3) is 0.200. The second kappa shape index (κ2) is 2.39. The fourth-order valence-electron chi connectivity index (χ4n) is 1.13. The molecule has 0 spiro atoms. The molecule has 1 nitrogen and oxygen atoms in total. The first-order valence-electron chi connectivity index (χ1n) is 3.75. The molecule has 0 bridgehead atoms. The Morgan fingerprint density at radius 2 is 1.73 bits per heavy atom. The van der Waals surface area contributed by atoms with Crippen LogP contribution in [0.4, 0.5) is 0 Å². The summed E-state index contributed by atoms with van der Waals surface area (Å²) in [5.74, 6) is 1.52. The lowest BCUT2D eigenvalue weighted by Gasteiger charge is -1.94. The van der Waals surface area contributed by atoms with Gasteiger partial charge in [0.15, 0.2) is 0 Å². The number of nitriles is 1. The van der Waals surface area contributed by atoms with E-state index in [4.69, 9.17) is 5.26 Å². The molecular formula is C10H8N. The Morgan fingerprint density at radius 3 is 2.18 bits per heavy atom. The van der Waals surface area contributed by atoms with Crippen LogP contribution in [0.15, 0.2) is 24.3 Å². The van der Waals surface area contributed by atoms with Gasteiger partial charge in [-0.3, -0.25) is 0 Å². The van der Waals surface area contributed by atoms with Crippen LogP contribution in [0.2, 0.25) is 0 Å². The van der Waals surface area contributed by atoms with E-state index in [1.165, 1.54) is 24.3 Å². The molecule has 1 aromatic carbocycles. The first-order valence-corrected chi connectivity index (χ1v) is 3.75. The molecule has 0 amide bonds. The third kappa shape index (κ3) is 1.25. The highest BCUT2D eigenvalue weighted by Crippen LogP contribution is 2.38. The zero-order chi connectivity index (χ0) is 7.68. The Morgan fingerprint density at radius 1 is 1.09 bits per heavy atom. The highest BCUT2D eigenvalue weighted by atomic mass is 14.3. The van der Waals surface area contributed by atoms with E-state index in [-0.39, 0.29) is 0 Å². The highest BCUT2D eigenvalue weighted by molar-refractivity contribution is 5.41. The first-order chi connectivity index (χ1) is 5.40. The van der Waals surface area contributed by atoms with Gasteiger partial charge in [-0.05, 0) is 30.5 Å². The minimum atomic E-state index is 0.745. The second-order valence-electron chi connectivity index (χ2n) is 2.79. The Labute approximate surface area is 66.3 Å². The quantitative estimate of drug-likeness (QED) is 0.590. The van der Waals surface area contributed by atoms with Gasteiger partial charge in [-0.1, -0.05) is 12.1 Å². The fourth-order valence-corrected chi connectivity index (χ4v) is 1.13. The molecule has 1 saturated carbocycles. The van der Waals surface area contributed by atoms with Gasteiger partial charge in [0.25, 0.3) is 0 Å². The molecule has 0 saturated heterocycles. The van der Waals surface area contributed by atoms with Gasteiger partial charge >= 0.3 is 0 Å². The first kappa shape index (κ1) is 6.42. The van der Waals surface area contributed by atoms with Crippen LogP contribution in [0, 0.1) is 17.2 Å². The number of hydrogen-bond acceptors (Lipinski definition) is 1. The number of nitrogens with zero attached hydrogens (tertiary/aromatic N) is 1. The van der Waals surface area contributed by atoms with Gasteiger partial charge in [0.05, 0.1) is 11.6 Å². The van der Waals surface area contributed by atoms with Gasteiger partial charge in [0.2, 0.25) is 0 Å². The van der Waals surface area contributed by atoms with E-state index >= 15 is 0 Å². The molecule has 1 fully saturated rings. The molecule has 2 rings (SSSR count). The monoisotopic (exact) mass is 142 g/mol. The lowest BCUT2D eigenvalue weighted by molar-refractivity contribution is 1.39. The van der Waals surface area contributed by atoms with Crippen molar-refractivity contribution in [3.63, 3.8) is 0 Å². The molecular weight excluding hydrogens is 134 g/mol. The van der Waals surface area contributed by atoms with Crippen molar-refractivity contribution >= 4 is 0 Å². The van der Waals surface area contributed by atoms with Crippen molar-refractivity contribution in [3.05, 3.63) is 41.3 Å². The highest BCUT2D eigenvalue weighted by Gasteiger charge is 2.23. The van der Waals surface area contributed by atoms with Crippen LogP contribution in [0.1, 0.15) is 24.0 Å². The largest absolute Gasteiger partial charge is 0.192 e. The van der Waals surface area contributed by atoms with Gasteiger partial charge in [0, 0.05) is 5.92 Å². The van der Waals surface area contributed by atoms with Gasteiger partial charge in [0.1, 0.15) is 0 Å². The molecule has 0 aromatic heterocycles. The molecule has 0 atom stereocenters. The van der Waals surface area contributed by atoms with Crippen LogP contribution in [0.25, 0.3) is 0 Å². The molecule has 1 radical (unpaired) electrons. The predicted octanol–water partition coefficient (Wildman–Crippen LogP) is 2.27. The number of rotatable bonds is 1. The summed E-state index contributed by atoms with van der Waals surface area (Å²) in [5, 5.41) is 8.53. The Kier molecular flexibility index (Phi) is 1.40. The summed E-state index contributed by atoms with van der Waals surface area (Å²) in [6.45, 7) is 0. The van der Waals surface area contributed by atoms with Crippen LogP contribution in [0.3, 0.4) is 0 Å². The summed E-state index contributed by atoms with van der Waals surface area (Å²) < 4.78 is 0. The maximum atomic E-state index is 8.53. The number of hydrogen-bond donors (Lipinski definition) is 0. The summed E-state index contributed by atoms with van der Waals surface area (Å²) >= 11 is 0. The molecule has 1 heteroatoms. The summed E-state index contributed by atoms with van der Waals surface area (Å²) in [4.78, 5) is 0. The molecule has 53 valence electrons. The van der Waals surface area contributed by atoms with Crippen LogP contribution < -0.4 is 0 Å². The van der Waals surface area contributed by atoms with Crippen LogP contribution in [-0.2, 0) is 0 Å². The molecule has 0 aliphatic heterocycles. The van der Waals surface area contributed by atoms with E-state index in [0.717, 1.165) is 5.56 Å².